The maximum Gasteiger partial charge on any atom is 0.224 e. The lowest BCUT2D eigenvalue weighted by Crippen LogP contribution is -2.02. The maximum absolute atomic E-state index is 5.78. The topological polar surface area (TPSA) is 66.0 Å². The van der Waals surface area contributed by atoms with E-state index in [4.69, 9.17) is 10.5 Å². The summed E-state index contributed by atoms with van der Waals surface area (Å²) in [6, 6.07) is 7.51. The van der Waals surface area contributed by atoms with Crippen LogP contribution in [0.4, 0.5) is 5.95 Å². The second kappa shape index (κ2) is 4.44. The van der Waals surface area contributed by atoms with Crippen molar-refractivity contribution in [2.45, 2.75) is 5.16 Å². The molecule has 0 saturated heterocycles. The van der Waals surface area contributed by atoms with Crippen molar-refractivity contribution in [3.05, 3.63) is 24.3 Å². The van der Waals surface area contributed by atoms with E-state index in [2.05, 4.69) is 10.1 Å². The van der Waals surface area contributed by atoms with Crippen LogP contribution in [-0.2, 0) is 0 Å². The first-order chi connectivity index (χ1) is 7.74. The molecule has 5 nitrogen and oxygen atoms in total. The van der Waals surface area contributed by atoms with Crippen molar-refractivity contribution in [3.63, 3.8) is 0 Å². The van der Waals surface area contributed by atoms with Gasteiger partial charge >= 0.3 is 0 Å². The van der Waals surface area contributed by atoms with Crippen LogP contribution in [0.25, 0.3) is 5.69 Å². The fourth-order valence-electron chi connectivity index (χ4n) is 1.32. The molecule has 0 aliphatic carbocycles. The highest BCUT2D eigenvalue weighted by atomic mass is 32.2. The molecule has 2 aromatic rings. The second-order valence-electron chi connectivity index (χ2n) is 3.07. The smallest absolute Gasteiger partial charge is 0.224 e. The Hall–Kier alpha value is -1.69. The van der Waals surface area contributed by atoms with E-state index in [0.717, 1.165) is 11.4 Å². The van der Waals surface area contributed by atoms with Gasteiger partial charge in [0.1, 0.15) is 5.75 Å². The molecule has 0 aliphatic rings. The predicted molar refractivity (Wildman–Crippen MR) is 64.1 cm³/mol. The number of nitrogens with zero attached hydrogens (tertiary/aromatic N) is 3. The molecule has 0 spiro atoms. The van der Waals surface area contributed by atoms with Crippen molar-refractivity contribution in [2.75, 3.05) is 19.1 Å². The van der Waals surface area contributed by atoms with Crippen molar-refractivity contribution < 1.29 is 4.74 Å². The van der Waals surface area contributed by atoms with Crippen molar-refractivity contribution in [1.82, 2.24) is 14.8 Å². The zero-order chi connectivity index (χ0) is 11.5. The zero-order valence-corrected chi connectivity index (χ0v) is 9.86. The number of thioether (sulfide) groups is 1. The highest BCUT2D eigenvalue weighted by molar-refractivity contribution is 7.98. The van der Waals surface area contributed by atoms with E-state index >= 15 is 0 Å². The first-order valence-electron chi connectivity index (χ1n) is 4.65. The van der Waals surface area contributed by atoms with E-state index in [0.29, 0.717) is 11.1 Å². The fraction of sp³-hybridized carbons (Fsp3) is 0.200. The molecule has 2 rings (SSSR count). The van der Waals surface area contributed by atoms with Gasteiger partial charge in [-0.05, 0) is 18.4 Å². The number of nitrogen functional groups attached to an aromatic ring is 1. The van der Waals surface area contributed by atoms with E-state index in [1.54, 1.807) is 11.8 Å². The van der Waals surface area contributed by atoms with Crippen LogP contribution < -0.4 is 10.5 Å². The van der Waals surface area contributed by atoms with Crippen LogP contribution in [-0.4, -0.2) is 28.1 Å². The summed E-state index contributed by atoms with van der Waals surface area (Å²) in [6.45, 7) is 0. The summed E-state index contributed by atoms with van der Waals surface area (Å²) in [4.78, 5) is 4.11. The Bertz CT molecular complexity index is 497. The minimum Gasteiger partial charge on any atom is -0.497 e. The normalized spacial score (nSPS) is 10.4. The van der Waals surface area contributed by atoms with Gasteiger partial charge in [-0.3, -0.25) is 0 Å². The summed E-state index contributed by atoms with van der Waals surface area (Å²) in [5.74, 6) is 1.13. The van der Waals surface area contributed by atoms with Crippen LogP contribution in [0.3, 0.4) is 0 Å². The Labute approximate surface area is 97.6 Å². The Morgan fingerprint density at radius 1 is 1.44 bits per heavy atom. The average Bonchev–Trinajstić information content (AvgIpc) is 2.71. The van der Waals surface area contributed by atoms with Gasteiger partial charge in [-0.1, -0.05) is 17.8 Å². The molecule has 0 aliphatic heterocycles. The summed E-state index contributed by atoms with van der Waals surface area (Å²) in [7, 11) is 1.62. The number of hydrogen-bond acceptors (Lipinski definition) is 5. The monoisotopic (exact) mass is 236 g/mol. The fourth-order valence-corrected chi connectivity index (χ4v) is 1.67. The van der Waals surface area contributed by atoms with Crippen LogP contribution in [0.1, 0.15) is 0 Å². The number of anilines is 1. The van der Waals surface area contributed by atoms with Crippen molar-refractivity contribution in [3.8, 4) is 11.4 Å². The molecule has 0 amide bonds. The lowest BCUT2D eigenvalue weighted by Gasteiger charge is -2.04. The standard InChI is InChI=1S/C10H12N4OS/c1-15-8-5-3-4-7(6-8)14-9(11)12-10(13-14)16-2/h3-6H,1-2H3,(H2,11,12,13). The highest BCUT2D eigenvalue weighted by Gasteiger charge is 2.08. The molecule has 16 heavy (non-hydrogen) atoms. The minimum atomic E-state index is 0.373. The van der Waals surface area contributed by atoms with Gasteiger partial charge in [-0.25, -0.2) is 0 Å². The van der Waals surface area contributed by atoms with Gasteiger partial charge in [0.25, 0.3) is 0 Å². The van der Waals surface area contributed by atoms with Crippen molar-refractivity contribution in [2.24, 2.45) is 0 Å². The third kappa shape index (κ3) is 1.96. The molecule has 0 atom stereocenters. The number of hydrogen-bond donors (Lipinski definition) is 1. The molecule has 0 bridgehead atoms. The van der Waals surface area contributed by atoms with Gasteiger partial charge in [0.15, 0.2) is 0 Å². The lowest BCUT2D eigenvalue weighted by molar-refractivity contribution is 0.414. The predicted octanol–water partition coefficient (Wildman–Crippen LogP) is 1.58. The molecule has 0 saturated carbocycles. The Balaban J connectivity index is 2.45. The highest BCUT2D eigenvalue weighted by Crippen LogP contribution is 2.19. The quantitative estimate of drug-likeness (QED) is 0.820. The summed E-state index contributed by atoms with van der Waals surface area (Å²) >= 11 is 1.45. The first kappa shape index (κ1) is 10.8. The molecule has 1 aromatic carbocycles. The molecule has 1 heterocycles. The molecular formula is C10H12N4OS. The Kier molecular flexibility index (Phi) is 3.00. The van der Waals surface area contributed by atoms with Crippen LogP contribution >= 0.6 is 11.8 Å². The Morgan fingerprint density at radius 2 is 2.25 bits per heavy atom. The number of ether oxygens (including phenoxy) is 1. The molecule has 2 N–H and O–H groups in total. The van der Waals surface area contributed by atoms with Gasteiger partial charge < -0.3 is 10.5 Å². The number of aromatic nitrogens is 3. The largest absolute Gasteiger partial charge is 0.497 e. The van der Waals surface area contributed by atoms with Crippen LogP contribution in [0, 0.1) is 0 Å². The van der Waals surface area contributed by atoms with Gasteiger partial charge in [0.05, 0.1) is 12.8 Å². The van der Waals surface area contributed by atoms with Crippen LogP contribution in [0.5, 0.6) is 5.75 Å². The molecule has 1 aromatic heterocycles. The summed E-state index contributed by atoms with van der Waals surface area (Å²) in [6.07, 6.45) is 1.91. The minimum absolute atomic E-state index is 0.373. The van der Waals surface area contributed by atoms with E-state index in [1.165, 1.54) is 11.8 Å². The van der Waals surface area contributed by atoms with E-state index in [-0.39, 0.29) is 0 Å². The summed E-state index contributed by atoms with van der Waals surface area (Å²) in [5, 5.41) is 4.91. The molecule has 84 valence electrons. The number of rotatable bonds is 3. The third-order valence-electron chi connectivity index (χ3n) is 2.09. The SMILES string of the molecule is COc1cccc(-n2nc(SC)nc2N)c1. The van der Waals surface area contributed by atoms with Gasteiger partial charge in [-0.2, -0.15) is 9.67 Å². The van der Waals surface area contributed by atoms with Crippen molar-refractivity contribution >= 4 is 17.7 Å². The van der Waals surface area contributed by atoms with Crippen LogP contribution in [0.15, 0.2) is 29.4 Å². The summed E-state index contributed by atoms with van der Waals surface area (Å²) in [5.41, 5.74) is 6.61. The van der Waals surface area contributed by atoms with Gasteiger partial charge in [0.2, 0.25) is 11.1 Å². The Morgan fingerprint density at radius 3 is 2.88 bits per heavy atom. The van der Waals surface area contributed by atoms with Gasteiger partial charge in [-0.15, -0.1) is 5.10 Å². The number of benzene rings is 1. The molecule has 6 heteroatoms. The first-order valence-corrected chi connectivity index (χ1v) is 5.88. The average molecular weight is 236 g/mol. The zero-order valence-electron chi connectivity index (χ0n) is 9.04. The second-order valence-corrected chi connectivity index (χ2v) is 3.84. The number of nitrogens with two attached hydrogens (primary N) is 1. The van der Waals surface area contributed by atoms with E-state index in [9.17, 15) is 0 Å². The maximum atomic E-state index is 5.78. The molecular weight excluding hydrogens is 224 g/mol. The van der Waals surface area contributed by atoms with Crippen molar-refractivity contribution in [1.29, 1.82) is 0 Å². The molecule has 0 fully saturated rings. The molecule has 0 radical (unpaired) electrons. The van der Waals surface area contributed by atoms with Crippen LogP contribution in [0.2, 0.25) is 0 Å². The lowest BCUT2D eigenvalue weighted by atomic mass is 10.3. The van der Waals surface area contributed by atoms with Gasteiger partial charge in [0, 0.05) is 6.07 Å². The summed E-state index contributed by atoms with van der Waals surface area (Å²) < 4.78 is 6.73. The van der Waals surface area contributed by atoms with E-state index < -0.39 is 0 Å². The molecule has 0 unspecified atom stereocenters. The number of methoxy groups -OCH3 is 1. The van der Waals surface area contributed by atoms with E-state index in [1.807, 2.05) is 30.5 Å². The third-order valence-corrected chi connectivity index (χ3v) is 2.63.